The van der Waals surface area contributed by atoms with E-state index < -0.39 is 5.97 Å². The Labute approximate surface area is 144 Å². The molecule has 2 aromatic heterocycles. The minimum atomic E-state index is -0.448. The number of aromatic nitrogens is 4. The van der Waals surface area contributed by atoms with E-state index in [2.05, 4.69) is 15.6 Å². The van der Waals surface area contributed by atoms with Gasteiger partial charge in [-0.3, -0.25) is 0 Å². The summed E-state index contributed by atoms with van der Waals surface area (Å²) in [6.07, 6.45) is 1.69. The summed E-state index contributed by atoms with van der Waals surface area (Å²) >= 11 is 0. The van der Waals surface area contributed by atoms with E-state index in [1.807, 2.05) is 6.92 Å². The van der Waals surface area contributed by atoms with Crippen LogP contribution in [0.3, 0.4) is 0 Å². The number of benzene rings is 1. The molecule has 25 heavy (non-hydrogen) atoms. The number of fused-ring (bicyclic) bond motifs is 1. The lowest BCUT2D eigenvalue weighted by atomic mass is 10.1. The summed E-state index contributed by atoms with van der Waals surface area (Å²) in [5.74, 6) is -0.791. The summed E-state index contributed by atoms with van der Waals surface area (Å²) in [6.45, 7) is 3.64. The zero-order chi connectivity index (χ0) is 18.0. The van der Waals surface area contributed by atoms with Crippen LogP contribution in [-0.4, -0.2) is 32.6 Å². The van der Waals surface area contributed by atoms with Gasteiger partial charge >= 0.3 is 5.97 Å². The third-order valence-electron chi connectivity index (χ3n) is 4.25. The minimum Gasteiger partial charge on any atom is -0.464 e. The van der Waals surface area contributed by atoms with Crippen molar-refractivity contribution in [2.45, 2.75) is 26.6 Å². The predicted octanol–water partition coefficient (Wildman–Crippen LogP) is 2.01. The Bertz CT molecular complexity index is 915. The number of methoxy groups -OCH3 is 1. The maximum atomic E-state index is 13.7. The van der Waals surface area contributed by atoms with Crippen molar-refractivity contribution < 1.29 is 13.9 Å². The van der Waals surface area contributed by atoms with Gasteiger partial charge in [0.1, 0.15) is 11.5 Å². The van der Waals surface area contributed by atoms with Gasteiger partial charge in [0.05, 0.1) is 19.0 Å². The number of nitrogens with one attached hydrogen (secondary N) is 1. The molecule has 132 valence electrons. The SMILES string of the molecule is CCn1nncc1CNCc1c(C(=O)OC)n(C)c2ccc(F)cc12. The van der Waals surface area contributed by atoms with Crippen LogP contribution in [0.4, 0.5) is 4.39 Å². The summed E-state index contributed by atoms with van der Waals surface area (Å²) < 4.78 is 22.1. The normalized spacial score (nSPS) is 11.2. The van der Waals surface area contributed by atoms with Gasteiger partial charge in [-0.1, -0.05) is 5.21 Å². The van der Waals surface area contributed by atoms with E-state index in [9.17, 15) is 9.18 Å². The summed E-state index contributed by atoms with van der Waals surface area (Å²) in [5, 5.41) is 11.8. The van der Waals surface area contributed by atoms with Crippen LogP contribution in [0.25, 0.3) is 10.9 Å². The second-order valence-electron chi connectivity index (χ2n) is 5.68. The lowest BCUT2D eigenvalue weighted by Crippen LogP contribution is -2.18. The molecule has 8 heteroatoms. The van der Waals surface area contributed by atoms with Crippen LogP contribution in [0.2, 0.25) is 0 Å². The van der Waals surface area contributed by atoms with Gasteiger partial charge in [0.2, 0.25) is 0 Å². The first-order valence-electron chi connectivity index (χ1n) is 8.00. The lowest BCUT2D eigenvalue weighted by Gasteiger charge is -2.08. The number of aryl methyl sites for hydroxylation is 2. The van der Waals surface area contributed by atoms with Crippen LogP contribution in [0.15, 0.2) is 24.4 Å². The van der Waals surface area contributed by atoms with E-state index in [-0.39, 0.29) is 5.82 Å². The molecule has 0 aliphatic carbocycles. The molecule has 1 aromatic carbocycles. The van der Waals surface area contributed by atoms with Crippen LogP contribution < -0.4 is 5.32 Å². The van der Waals surface area contributed by atoms with Crippen molar-refractivity contribution in [3.8, 4) is 0 Å². The molecule has 1 N–H and O–H groups in total. The molecular formula is C17H20FN5O2. The van der Waals surface area contributed by atoms with Crippen molar-refractivity contribution in [1.29, 1.82) is 0 Å². The summed E-state index contributed by atoms with van der Waals surface area (Å²) in [7, 11) is 3.11. The fourth-order valence-corrected chi connectivity index (χ4v) is 3.03. The van der Waals surface area contributed by atoms with Crippen LogP contribution in [0.1, 0.15) is 28.7 Å². The Morgan fingerprint density at radius 2 is 2.16 bits per heavy atom. The molecule has 7 nitrogen and oxygen atoms in total. The quantitative estimate of drug-likeness (QED) is 0.692. The Morgan fingerprint density at radius 3 is 2.88 bits per heavy atom. The lowest BCUT2D eigenvalue weighted by molar-refractivity contribution is 0.0589. The number of carbonyl (C=O) groups is 1. The van der Waals surface area contributed by atoms with Crippen LogP contribution in [-0.2, 0) is 31.4 Å². The van der Waals surface area contributed by atoms with Gasteiger partial charge in [-0.15, -0.1) is 5.10 Å². The summed E-state index contributed by atoms with van der Waals surface area (Å²) in [6, 6.07) is 4.49. The third-order valence-corrected chi connectivity index (χ3v) is 4.25. The molecular weight excluding hydrogens is 325 g/mol. The summed E-state index contributed by atoms with van der Waals surface area (Å²) in [4.78, 5) is 12.2. The molecule has 0 atom stereocenters. The van der Waals surface area contributed by atoms with Crippen LogP contribution >= 0.6 is 0 Å². The van der Waals surface area contributed by atoms with Gasteiger partial charge in [0.25, 0.3) is 0 Å². The van der Waals surface area contributed by atoms with Crippen molar-refractivity contribution in [2.24, 2.45) is 7.05 Å². The van der Waals surface area contributed by atoms with Gasteiger partial charge in [0.15, 0.2) is 0 Å². The van der Waals surface area contributed by atoms with E-state index in [0.717, 1.165) is 17.8 Å². The first-order valence-corrected chi connectivity index (χ1v) is 8.00. The number of rotatable bonds is 6. The van der Waals surface area contributed by atoms with Crippen molar-refractivity contribution in [3.63, 3.8) is 0 Å². The largest absolute Gasteiger partial charge is 0.464 e. The van der Waals surface area contributed by atoms with E-state index in [4.69, 9.17) is 4.74 Å². The molecule has 0 fully saturated rings. The molecule has 3 rings (SSSR count). The number of hydrogen-bond donors (Lipinski definition) is 1. The Kier molecular flexibility index (Phi) is 4.80. The predicted molar refractivity (Wildman–Crippen MR) is 90.5 cm³/mol. The molecule has 0 amide bonds. The molecule has 0 aliphatic rings. The fraction of sp³-hybridized carbons (Fsp3) is 0.353. The zero-order valence-corrected chi connectivity index (χ0v) is 14.4. The second kappa shape index (κ2) is 7.02. The topological polar surface area (TPSA) is 74.0 Å². The Hall–Kier alpha value is -2.74. The average Bonchev–Trinajstić information content (AvgIpc) is 3.17. The molecule has 0 radical (unpaired) electrons. The maximum absolute atomic E-state index is 13.7. The number of halogens is 1. The van der Waals surface area contributed by atoms with Crippen molar-refractivity contribution in [1.82, 2.24) is 24.9 Å². The van der Waals surface area contributed by atoms with E-state index in [0.29, 0.717) is 29.7 Å². The van der Waals surface area contributed by atoms with Crippen molar-refractivity contribution in [3.05, 3.63) is 47.2 Å². The van der Waals surface area contributed by atoms with Gasteiger partial charge in [-0.25, -0.2) is 13.9 Å². The Morgan fingerprint density at radius 1 is 1.36 bits per heavy atom. The van der Waals surface area contributed by atoms with E-state index in [1.54, 1.807) is 28.6 Å². The molecule has 2 heterocycles. The van der Waals surface area contributed by atoms with Gasteiger partial charge in [0, 0.05) is 43.1 Å². The molecule has 0 bridgehead atoms. The number of carbonyl (C=O) groups excluding carboxylic acids is 1. The smallest absolute Gasteiger partial charge is 0.355 e. The molecule has 0 saturated carbocycles. The van der Waals surface area contributed by atoms with Crippen molar-refractivity contribution >= 4 is 16.9 Å². The highest BCUT2D eigenvalue weighted by atomic mass is 19.1. The fourth-order valence-electron chi connectivity index (χ4n) is 3.03. The van der Waals surface area contributed by atoms with Gasteiger partial charge in [-0.05, 0) is 25.1 Å². The molecule has 0 spiro atoms. The zero-order valence-electron chi connectivity index (χ0n) is 14.4. The first-order chi connectivity index (χ1) is 12.1. The van der Waals surface area contributed by atoms with Gasteiger partial charge < -0.3 is 14.6 Å². The van der Waals surface area contributed by atoms with E-state index >= 15 is 0 Å². The minimum absolute atomic E-state index is 0.343. The third kappa shape index (κ3) is 3.12. The number of hydrogen-bond acceptors (Lipinski definition) is 5. The standard InChI is InChI=1S/C17H20FN5O2/c1-4-23-12(9-20-21-23)8-19-10-14-13-7-11(18)5-6-15(13)22(2)16(14)17(24)25-3/h5-7,9,19H,4,8,10H2,1-3H3. The highest BCUT2D eigenvalue weighted by Gasteiger charge is 2.21. The van der Waals surface area contributed by atoms with Crippen LogP contribution in [0.5, 0.6) is 0 Å². The number of nitrogens with zero attached hydrogens (tertiary/aromatic N) is 4. The number of ether oxygens (including phenoxy) is 1. The summed E-state index contributed by atoms with van der Waals surface area (Å²) in [5.41, 5.74) is 2.84. The highest BCUT2D eigenvalue weighted by molar-refractivity contribution is 5.99. The van der Waals surface area contributed by atoms with Gasteiger partial charge in [-0.2, -0.15) is 0 Å². The molecule has 0 saturated heterocycles. The van der Waals surface area contributed by atoms with Crippen LogP contribution in [0, 0.1) is 5.82 Å². The molecule has 3 aromatic rings. The Balaban J connectivity index is 1.93. The molecule has 0 unspecified atom stereocenters. The maximum Gasteiger partial charge on any atom is 0.355 e. The molecule has 0 aliphatic heterocycles. The monoisotopic (exact) mass is 345 g/mol. The second-order valence-corrected chi connectivity index (χ2v) is 5.68. The first kappa shape index (κ1) is 17.1. The highest BCUT2D eigenvalue weighted by Crippen LogP contribution is 2.27. The average molecular weight is 345 g/mol. The van der Waals surface area contributed by atoms with Crippen molar-refractivity contribution in [2.75, 3.05) is 7.11 Å². The number of esters is 1. The van der Waals surface area contributed by atoms with E-state index in [1.165, 1.54) is 19.2 Å².